The lowest BCUT2D eigenvalue weighted by Gasteiger charge is -2.11. The van der Waals surface area contributed by atoms with Gasteiger partial charge in [-0.05, 0) is 30.2 Å². The normalized spacial score (nSPS) is 10.9. The number of aromatic amines is 1. The Morgan fingerprint density at radius 3 is 2.44 bits per heavy atom. The second kappa shape index (κ2) is 10.5. The molecule has 0 aliphatic carbocycles. The van der Waals surface area contributed by atoms with Crippen LogP contribution in [0.3, 0.4) is 0 Å². The average molecular weight is 486 g/mol. The standard InChI is InChI=1S/C24H24FN5O3.ClH/c1-2-3-12-29-22-20(23(32)30(24(29)33)14-17-6-4-5-7-18(17)25)27-19(28-22)13-15-8-10-16(11-9-15)21(26)31;/h4-11H,2-3,12-14H2,1H3,(H2,26,31)(H,27,28);1H. The molecule has 0 saturated carbocycles. The number of aryl methyl sites for hydroxylation is 1. The van der Waals surface area contributed by atoms with Crippen LogP contribution in [0.15, 0.2) is 58.1 Å². The van der Waals surface area contributed by atoms with Gasteiger partial charge in [0.2, 0.25) is 5.91 Å². The number of H-pyrrole nitrogens is 1. The van der Waals surface area contributed by atoms with Gasteiger partial charge in [-0.1, -0.05) is 43.7 Å². The summed E-state index contributed by atoms with van der Waals surface area (Å²) in [7, 11) is 0. The number of primary amides is 1. The third kappa shape index (κ3) is 4.94. The number of carbonyl (C=O) groups is 1. The number of nitrogens with zero attached hydrogens (tertiary/aromatic N) is 3. The van der Waals surface area contributed by atoms with Crippen LogP contribution in [-0.2, 0) is 19.5 Å². The summed E-state index contributed by atoms with van der Waals surface area (Å²) in [4.78, 5) is 45.2. The molecule has 8 nitrogen and oxygen atoms in total. The van der Waals surface area contributed by atoms with Gasteiger partial charge in [-0.2, -0.15) is 0 Å². The zero-order valence-corrected chi connectivity index (χ0v) is 19.4. The largest absolute Gasteiger partial charge is 0.366 e. The van der Waals surface area contributed by atoms with Crippen molar-refractivity contribution in [2.75, 3.05) is 0 Å². The minimum atomic E-state index is -0.547. The second-order valence-corrected chi connectivity index (χ2v) is 7.89. The zero-order chi connectivity index (χ0) is 23.5. The second-order valence-electron chi connectivity index (χ2n) is 7.89. The molecule has 2 aromatic heterocycles. The molecule has 10 heteroatoms. The lowest BCUT2D eigenvalue weighted by Crippen LogP contribution is -2.40. The molecule has 0 fully saturated rings. The third-order valence-corrected chi connectivity index (χ3v) is 5.54. The Hall–Kier alpha value is -3.72. The van der Waals surface area contributed by atoms with E-state index in [1.54, 1.807) is 42.5 Å². The molecule has 2 heterocycles. The lowest BCUT2D eigenvalue weighted by atomic mass is 10.1. The molecular weight excluding hydrogens is 461 g/mol. The average Bonchev–Trinajstić information content (AvgIpc) is 3.22. The van der Waals surface area contributed by atoms with Gasteiger partial charge in [0.1, 0.15) is 17.2 Å². The Morgan fingerprint density at radius 1 is 1.09 bits per heavy atom. The number of nitrogens with two attached hydrogens (primary N) is 1. The SMILES string of the molecule is CCCCn1c(=O)n(Cc2ccccc2F)c(=O)c2[nH]c(Cc3ccc(C(N)=O)cc3)nc21.Cl. The number of benzene rings is 2. The Labute approximate surface area is 200 Å². The van der Waals surface area contributed by atoms with Gasteiger partial charge in [-0.3, -0.25) is 18.7 Å². The van der Waals surface area contributed by atoms with E-state index in [9.17, 15) is 18.8 Å². The van der Waals surface area contributed by atoms with E-state index in [1.807, 2.05) is 6.92 Å². The van der Waals surface area contributed by atoms with E-state index < -0.39 is 23.0 Å². The maximum atomic E-state index is 14.2. The molecule has 0 unspecified atom stereocenters. The Morgan fingerprint density at radius 2 is 1.79 bits per heavy atom. The molecule has 0 radical (unpaired) electrons. The molecule has 1 amide bonds. The van der Waals surface area contributed by atoms with Gasteiger partial charge in [0.15, 0.2) is 5.65 Å². The monoisotopic (exact) mass is 485 g/mol. The van der Waals surface area contributed by atoms with Crippen molar-refractivity contribution < 1.29 is 9.18 Å². The summed E-state index contributed by atoms with van der Waals surface area (Å²) < 4.78 is 16.7. The van der Waals surface area contributed by atoms with Crippen LogP contribution in [0.2, 0.25) is 0 Å². The minimum absolute atomic E-state index is 0. The molecule has 0 atom stereocenters. The van der Waals surface area contributed by atoms with Crippen molar-refractivity contribution >= 4 is 29.5 Å². The number of fused-ring (bicyclic) bond motifs is 1. The Kier molecular flexibility index (Phi) is 7.68. The Balaban J connectivity index is 0.00000324. The maximum Gasteiger partial charge on any atom is 0.333 e. The van der Waals surface area contributed by atoms with Crippen molar-refractivity contribution in [3.05, 3.63) is 97.7 Å². The highest BCUT2D eigenvalue weighted by molar-refractivity contribution is 5.92. The summed E-state index contributed by atoms with van der Waals surface area (Å²) >= 11 is 0. The topological polar surface area (TPSA) is 116 Å². The molecular formula is C24H25ClFN5O3. The fourth-order valence-corrected chi connectivity index (χ4v) is 3.73. The maximum absolute atomic E-state index is 14.2. The predicted molar refractivity (Wildman–Crippen MR) is 130 cm³/mol. The van der Waals surface area contributed by atoms with Gasteiger partial charge in [-0.15, -0.1) is 12.4 Å². The number of hydrogen-bond acceptors (Lipinski definition) is 4. The van der Waals surface area contributed by atoms with Gasteiger partial charge in [0.25, 0.3) is 5.56 Å². The Bertz CT molecular complexity index is 1440. The van der Waals surface area contributed by atoms with Crippen molar-refractivity contribution in [2.24, 2.45) is 5.73 Å². The van der Waals surface area contributed by atoms with Crippen molar-refractivity contribution in [3.63, 3.8) is 0 Å². The molecule has 0 spiro atoms. The molecule has 0 aliphatic heterocycles. The van der Waals surface area contributed by atoms with Crippen LogP contribution in [0.1, 0.15) is 47.1 Å². The molecule has 34 heavy (non-hydrogen) atoms. The first-order chi connectivity index (χ1) is 15.9. The molecule has 2 aromatic carbocycles. The summed E-state index contributed by atoms with van der Waals surface area (Å²) in [5.74, 6) is -0.489. The fraction of sp³-hybridized carbons (Fsp3) is 0.250. The van der Waals surface area contributed by atoms with E-state index in [4.69, 9.17) is 5.73 Å². The zero-order valence-electron chi connectivity index (χ0n) is 18.6. The van der Waals surface area contributed by atoms with E-state index >= 15 is 0 Å². The van der Waals surface area contributed by atoms with Gasteiger partial charge in [0.05, 0.1) is 6.54 Å². The van der Waals surface area contributed by atoms with Crippen molar-refractivity contribution in [2.45, 2.75) is 39.3 Å². The quantitative estimate of drug-likeness (QED) is 0.399. The molecule has 4 aromatic rings. The van der Waals surface area contributed by atoms with Crippen LogP contribution in [0.25, 0.3) is 11.2 Å². The van der Waals surface area contributed by atoms with Crippen molar-refractivity contribution in [1.29, 1.82) is 0 Å². The van der Waals surface area contributed by atoms with Crippen LogP contribution in [0.4, 0.5) is 4.39 Å². The third-order valence-electron chi connectivity index (χ3n) is 5.54. The molecule has 3 N–H and O–H groups in total. The lowest BCUT2D eigenvalue weighted by molar-refractivity contribution is 0.100. The predicted octanol–water partition coefficient (Wildman–Crippen LogP) is 2.99. The van der Waals surface area contributed by atoms with E-state index in [0.717, 1.165) is 23.0 Å². The number of unbranched alkanes of at least 4 members (excludes halogenated alkanes) is 1. The van der Waals surface area contributed by atoms with E-state index in [0.29, 0.717) is 24.4 Å². The summed E-state index contributed by atoms with van der Waals surface area (Å²) in [5.41, 5.74) is 6.21. The number of amides is 1. The molecule has 0 aliphatic rings. The van der Waals surface area contributed by atoms with Crippen molar-refractivity contribution in [3.8, 4) is 0 Å². The summed E-state index contributed by atoms with van der Waals surface area (Å²) in [6.07, 6.45) is 1.94. The number of hydrogen-bond donors (Lipinski definition) is 2. The van der Waals surface area contributed by atoms with Gasteiger partial charge in [0, 0.05) is 24.1 Å². The highest BCUT2D eigenvalue weighted by Gasteiger charge is 2.18. The summed E-state index contributed by atoms with van der Waals surface area (Å²) in [6, 6.07) is 12.8. The first kappa shape index (κ1) is 24.9. The number of imidazole rings is 1. The molecule has 4 rings (SSSR count). The molecule has 0 bridgehead atoms. The van der Waals surface area contributed by atoms with Crippen LogP contribution < -0.4 is 17.0 Å². The highest BCUT2D eigenvalue weighted by Crippen LogP contribution is 2.13. The fourth-order valence-electron chi connectivity index (χ4n) is 3.73. The van der Waals surface area contributed by atoms with Gasteiger partial charge < -0.3 is 10.7 Å². The van der Waals surface area contributed by atoms with Crippen LogP contribution >= 0.6 is 12.4 Å². The van der Waals surface area contributed by atoms with Gasteiger partial charge >= 0.3 is 5.69 Å². The number of carbonyl (C=O) groups excluding carboxylic acids is 1. The van der Waals surface area contributed by atoms with Gasteiger partial charge in [-0.25, -0.2) is 14.2 Å². The van der Waals surface area contributed by atoms with Crippen molar-refractivity contribution in [1.82, 2.24) is 19.1 Å². The van der Waals surface area contributed by atoms with E-state index in [-0.39, 0.29) is 35.7 Å². The molecule has 0 saturated heterocycles. The minimum Gasteiger partial charge on any atom is -0.366 e. The van der Waals surface area contributed by atoms with E-state index in [2.05, 4.69) is 9.97 Å². The summed E-state index contributed by atoms with van der Waals surface area (Å²) in [6.45, 7) is 2.22. The summed E-state index contributed by atoms with van der Waals surface area (Å²) in [5, 5.41) is 0. The van der Waals surface area contributed by atoms with Crippen LogP contribution in [-0.4, -0.2) is 25.0 Å². The van der Waals surface area contributed by atoms with E-state index in [1.165, 1.54) is 10.6 Å². The van der Waals surface area contributed by atoms with Crippen LogP contribution in [0.5, 0.6) is 0 Å². The smallest absolute Gasteiger partial charge is 0.333 e. The number of halogens is 2. The molecule has 178 valence electrons. The first-order valence-electron chi connectivity index (χ1n) is 10.7. The number of aromatic nitrogens is 4. The van der Waals surface area contributed by atoms with Crippen LogP contribution in [0, 0.1) is 5.82 Å². The highest BCUT2D eigenvalue weighted by atomic mass is 35.5. The number of rotatable bonds is 8. The number of nitrogens with one attached hydrogen (secondary N) is 1. The first-order valence-corrected chi connectivity index (χ1v) is 10.7.